The number of non-ortho nitro benzene ring substituents is 1. The van der Waals surface area contributed by atoms with Gasteiger partial charge in [-0.05, 0) is 18.2 Å². The molecule has 0 aliphatic heterocycles. The molecule has 0 saturated heterocycles. The molecule has 2 aromatic rings. The van der Waals surface area contributed by atoms with Gasteiger partial charge in [0.05, 0.1) is 14.9 Å². The van der Waals surface area contributed by atoms with Gasteiger partial charge in [-0.1, -0.05) is 23.2 Å². The SMILES string of the molecule is O=C(COc1ccc([N+](=O)[O-])cc1Cl)Nc1ccc(Cl)cc1[N+](=O)[O-]. The summed E-state index contributed by atoms with van der Waals surface area (Å²) in [6, 6.07) is 7.28. The fraction of sp³-hybridized carbons (Fsp3) is 0.0714. The van der Waals surface area contributed by atoms with Crippen LogP contribution in [0.3, 0.4) is 0 Å². The van der Waals surface area contributed by atoms with Crippen LogP contribution in [0.15, 0.2) is 36.4 Å². The molecule has 0 bridgehead atoms. The first-order valence-electron chi connectivity index (χ1n) is 6.58. The quantitative estimate of drug-likeness (QED) is 0.594. The van der Waals surface area contributed by atoms with Crippen molar-refractivity contribution in [1.29, 1.82) is 0 Å². The molecule has 2 aromatic carbocycles. The molecule has 9 nitrogen and oxygen atoms in total. The minimum Gasteiger partial charge on any atom is -0.482 e. The summed E-state index contributed by atoms with van der Waals surface area (Å²) in [6.45, 7) is -0.503. The first kappa shape index (κ1) is 18.4. The van der Waals surface area contributed by atoms with E-state index in [1.807, 2.05) is 0 Å². The van der Waals surface area contributed by atoms with Crippen LogP contribution in [0.5, 0.6) is 5.75 Å². The van der Waals surface area contributed by atoms with E-state index in [4.69, 9.17) is 27.9 Å². The maximum atomic E-state index is 11.9. The minimum absolute atomic E-state index is 0.0422. The number of hydrogen-bond acceptors (Lipinski definition) is 6. The number of benzene rings is 2. The van der Waals surface area contributed by atoms with Crippen LogP contribution in [0.2, 0.25) is 10.0 Å². The van der Waals surface area contributed by atoms with Gasteiger partial charge in [0.25, 0.3) is 17.3 Å². The van der Waals surface area contributed by atoms with Gasteiger partial charge in [0.2, 0.25) is 0 Å². The van der Waals surface area contributed by atoms with Crippen LogP contribution in [0.1, 0.15) is 0 Å². The molecule has 0 heterocycles. The van der Waals surface area contributed by atoms with Gasteiger partial charge in [-0.25, -0.2) is 0 Å². The number of carbonyl (C=O) groups is 1. The predicted molar refractivity (Wildman–Crippen MR) is 90.3 cm³/mol. The monoisotopic (exact) mass is 385 g/mol. The molecule has 0 spiro atoms. The number of nitro groups is 2. The average Bonchev–Trinajstić information content (AvgIpc) is 2.55. The summed E-state index contributed by atoms with van der Waals surface area (Å²) >= 11 is 11.5. The fourth-order valence-corrected chi connectivity index (χ4v) is 2.21. The molecule has 1 N–H and O–H groups in total. The summed E-state index contributed by atoms with van der Waals surface area (Å²) < 4.78 is 5.17. The van der Waals surface area contributed by atoms with Gasteiger partial charge in [0.15, 0.2) is 6.61 Å². The zero-order chi connectivity index (χ0) is 18.6. The molecule has 11 heteroatoms. The Morgan fingerprint density at radius 1 is 1.08 bits per heavy atom. The highest BCUT2D eigenvalue weighted by Gasteiger charge is 2.17. The molecule has 0 unspecified atom stereocenters. The Labute approximate surface area is 150 Å². The highest BCUT2D eigenvalue weighted by Crippen LogP contribution is 2.29. The molecule has 0 radical (unpaired) electrons. The highest BCUT2D eigenvalue weighted by atomic mass is 35.5. The second-order valence-electron chi connectivity index (χ2n) is 4.63. The summed E-state index contributed by atoms with van der Waals surface area (Å²) in [7, 11) is 0. The maximum absolute atomic E-state index is 11.9. The van der Waals surface area contributed by atoms with Gasteiger partial charge >= 0.3 is 0 Å². The number of anilines is 1. The second-order valence-corrected chi connectivity index (χ2v) is 5.47. The number of halogens is 2. The number of nitro benzene ring substituents is 2. The molecule has 25 heavy (non-hydrogen) atoms. The van der Waals surface area contributed by atoms with E-state index >= 15 is 0 Å². The molecule has 1 amide bonds. The molecule has 0 aromatic heterocycles. The Balaban J connectivity index is 2.04. The van der Waals surface area contributed by atoms with Gasteiger partial charge in [0.1, 0.15) is 11.4 Å². The zero-order valence-electron chi connectivity index (χ0n) is 12.3. The second kappa shape index (κ2) is 7.77. The first-order chi connectivity index (χ1) is 11.8. The van der Waals surface area contributed by atoms with Gasteiger partial charge < -0.3 is 10.1 Å². The maximum Gasteiger partial charge on any atom is 0.294 e. The van der Waals surface area contributed by atoms with E-state index in [1.54, 1.807) is 0 Å². The third-order valence-electron chi connectivity index (χ3n) is 2.92. The van der Waals surface area contributed by atoms with Crippen molar-refractivity contribution < 1.29 is 19.4 Å². The molecule has 0 saturated carbocycles. The van der Waals surface area contributed by atoms with Crippen molar-refractivity contribution in [1.82, 2.24) is 0 Å². The molecule has 0 atom stereocenters. The predicted octanol–water partition coefficient (Wildman–Crippen LogP) is 3.83. The molecule has 2 rings (SSSR count). The van der Waals surface area contributed by atoms with Crippen LogP contribution in [0.25, 0.3) is 0 Å². The summed E-state index contributed by atoms with van der Waals surface area (Å²) in [5, 5.41) is 24.0. The van der Waals surface area contributed by atoms with Crippen molar-refractivity contribution in [3.05, 3.63) is 66.7 Å². The van der Waals surface area contributed by atoms with Crippen molar-refractivity contribution in [2.24, 2.45) is 0 Å². The largest absolute Gasteiger partial charge is 0.482 e. The van der Waals surface area contributed by atoms with Crippen LogP contribution in [0, 0.1) is 20.2 Å². The third kappa shape index (κ3) is 4.78. The molecular weight excluding hydrogens is 377 g/mol. The van der Waals surface area contributed by atoms with Crippen molar-refractivity contribution in [3.8, 4) is 5.75 Å². The number of nitrogens with zero attached hydrogens (tertiary/aromatic N) is 2. The normalized spacial score (nSPS) is 10.2. The lowest BCUT2D eigenvalue weighted by Gasteiger charge is -2.09. The standard InChI is InChI=1S/C14H9Cl2N3O6/c15-8-1-3-11(12(5-8)19(23)24)17-14(20)7-25-13-4-2-9(18(21)22)6-10(13)16/h1-6H,7H2,(H,17,20). The van der Waals surface area contributed by atoms with Crippen molar-refractivity contribution in [2.45, 2.75) is 0 Å². The Bertz CT molecular complexity index is 858. The van der Waals surface area contributed by atoms with E-state index in [1.165, 1.54) is 24.3 Å². The van der Waals surface area contributed by atoms with Gasteiger partial charge in [0, 0.05) is 23.2 Å². The molecule has 130 valence electrons. The Kier molecular flexibility index (Phi) is 5.73. The number of amides is 1. The van der Waals surface area contributed by atoms with Crippen LogP contribution < -0.4 is 10.1 Å². The molecule has 0 aliphatic rings. The smallest absolute Gasteiger partial charge is 0.294 e. The summed E-state index contributed by atoms with van der Waals surface area (Å²) in [4.78, 5) is 32.2. The van der Waals surface area contributed by atoms with Crippen molar-refractivity contribution in [2.75, 3.05) is 11.9 Å². The van der Waals surface area contributed by atoms with Gasteiger partial charge in [-0.3, -0.25) is 25.0 Å². The lowest BCUT2D eigenvalue weighted by molar-refractivity contribution is -0.384. The number of carbonyl (C=O) groups excluding carboxylic acids is 1. The highest BCUT2D eigenvalue weighted by molar-refractivity contribution is 6.32. The van der Waals surface area contributed by atoms with E-state index in [2.05, 4.69) is 5.32 Å². The topological polar surface area (TPSA) is 125 Å². The van der Waals surface area contributed by atoms with E-state index in [9.17, 15) is 25.0 Å². The molecule has 0 aliphatic carbocycles. The fourth-order valence-electron chi connectivity index (χ4n) is 1.81. The minimum atomic E-state index is -0.685. The zero-order valence-corrected chi connectivity index (χ0v) is 13.8. The lowest BCUT2D eigenvalue weighted by Crippen LogP contribution is -2.20. The van der Waals surface area contributed by atoms with E-state index in [-0.39, 0.29) is 32.9 Å². The Hall–Kier alpha value is -2.91. The summed E-state index contributed by atoms with van der Waals surface area (Å²) in [6.07, 6.45) is 0. The van der Waals surface area contributed by atoms with Gasteiger partial charge in [-0.15, -0.1) is 0 Å². The van der Waals surface area contributed by atoms with Crippen LogP contribution in [-0.2, 0) is 4.79 Å². The average molecular weight is 386 g/mol. The lowest BCUT2D eigenvalue weighted by atomic mass is 10.2. The van der Waals surface area contributed by atoms with Crippen LogP contribution in [-0.4, -0.2) is 22.4 Å². The van der Waals surface area contributed by atoms with E-state index in [0.29, 0.717) is 0 Å². The number of rotatable bonds is 6. The third-order valence-corrected chi connectivity index (χ3v) is 3.45. The van der Waals surface area contributed by atoms with Crippen LogP contribution in [0.4, 0.5) is 17.1 Å². The van der Waals surface area contributed by atoms with Gasteiger partial charge in [-0.2, -0.15) is 0 Å². The number of hydrogen-bond donors (Lipinski definition) is 1. The number of nitrogens with one attached hydrogen (secondary N) is 1. The van der Waals surface area contributed by atoms with Crippen molar-refractivity contribution in [3.63, 3.8) is 0 Å². The summed E-state index contributed by atoms with van der Waals surface area (Å²) in [5.41, 5.74) is -0.634. The van der Waals surface area contributed by atoms with E-state index < -0.39 is 22.4 Å². The Morgan fingerprint density at radius 3 is 2.40 bits per heavy atom. The van der Waals surface area contributed by atoms with Crippen molar-refractivity contribution >= 4 is 46.2 Å². The number of ether oxygens (including phenoxy) is 1. The molecule has 0 fully saturated rings. The van der Waals surface area contributed by atoms with Crippen LogP contribution >= 0.6 is 23.2 Å². The summed E-state index contributed by atoms with van der Waals surface area (Å²) in [5.74, 6) is -0.618. The Morgan fingerprint density at radius 2 is 1.80 bits per heavy atom. The first-order valence-corrected chi connectivity index (χ1v) is 7.34. The molecular formula is C14H9Cl2N3O6. The van der Waals surface area contributed by atoms with E-state index in [0.717, 1.165) is 12.1 Å².